The molecule has 0 aromatic heterocycles. The van der Waals surface area contributed by atoms with Gasteiger partial charge in [-0.2, -0.15) is 5.26 Å². The van der Waals surface area contributed by atoms with Crippen LogP contribution in [0.25, 0.3) is 0 Å². The molecular formula is C18H23N3O2. The third kappa shape index (κ3) is 3.90. The van der Waals surface area contributed by atoms with Crippen molar-refractivity contribution in [3.05, 3.63) is 35.4 Å². The average Bonchev–Trinajstić information content (AvgIpc) is 2.98. The fourth-order valence-electron chi connectivity index (χ4n) is 3.38. The SMILES string of the molecule is N#Cc1ccccc1C(=O)N1CCCO[C@H](CN2CCCC2)C1. The Morgan fingerprint density at radius 3 is 2.78 bits per heavy atom. The number of hydrogen-bond acceptors (Lipinski definition) is 4. The van der Waals surface area contributed by atoms with E-state index in [-0.39, 0.29) is 12.0 Å². The number of likely N-dealkylation sites (tertiary alicyclic amines) is 1. The minimum absolute atomic E-state index is 0.0564. The number of hydrogen-bond donors (Lipinski definition) is 0. The van der Waals surface area contributed by atoms with E-state index in [2.05, 4.69) is 11.0 Å². The molecule has 2 aliphatic heterocycles. The van der Waals surface area contributed by atoms with Crippen LogP contribution >= 0.6 is 0 Å². The Morgan fingerprint density at radius 2 is 2.00 bits per heavy atom. The van der Waals surface area contributed by atoms with E-state index in [1.165, 1.54) is 12.8 Å². The highest BCUT2D eigenvalue weighted by Crippen LogP contribution is 2.16. The van der Waals surface area contributed by atoms with Crippen molar-refractivity contribution < 1.29 is 9.53 Å². The number of carbonyl (C=O) groups excluding carboxylic acids is 1. The molecule has 1 amide bonds. The highest BCUT2D eigenvalue weighted by Gasteiger charge is 2.26. The summed E-state index contributed by atoms with van der Waals surface area (Å²) >= 11 is 0. The molecule has 0 N–H and O–H groups in total. The maximum Gasteiger partial charge on any atom is 0.255 e. The van der Waals surface area contributed by atoms with Crippen LogP contribution in [-0.2, 0) is 4.74 Å². The zero-order chi connectivity index (χ0) is 16.1. The van der Waals surface area contributed by atoms with E-state index in [0.29, 0.717) is 30.8 Å². The van der Waals surface area contributed by atoms with E-state index < -0.39 is 0 Å². The van der Waals surface area contributed by atoms with Crippen LogP contribution in [0, 0.1) is 11.3 Å². The maximum atomic E-state index is 12.8. The van der Waals surface area contributed by atoms with Gasteiger partial charge in [0.25, 0.3) is 5.91 Å². The number of nitrogens with zero attached hydrogens (tertiary/aromatic N) is 3. The summed E-state index contributed by atoms with van der Waals surface area (Å²) in [5, 5.41) is 9.21. The van der Waals surface area contributed by atoms with E-state index in [1.807, 2.05) is 11.0 Å². The Balaban J connectivity index is 1.70. The van der Waals surface area contributed by atoms with Crippen molar-refractivity contribution in [1.82, 2.24) is 9.80 Å². The number of amides is 1. The van der Waals surface area contributed by atoms with Crippen LogP contribution in [0.15, 0.2) is 24.3 Å². The van der Waals surface area contributed by atoms with Gasteiger partial charge < -0.3 is 14.5 Å². The van der Waals surface area contributed by atoms with E-state index in [1.54, 1.807) is 18.2 Å². The predicted molar refractivity (Wildman–Crippen MR) is 87.1 cm³/mol. The second kappa shape index (κ2) is 7.58. The first-order valence-electron chi connectivity index (χ1n) is 8.40. The molecule has 2 aliphatic rings. The summed E-state index contributed by atoms with van der Waals surface area (Å²) in [6.07, 6.45) is 3.42. The van der Waals surface area contributed by atoms with Gasteiger partial charge in [0.2, 0.25) is 0 Å². The van der Waals surface area contributed by atoms with E-state index in [0.717, 1.165) is 26.1 Å². The molecule has 0 aliphatic carbocycles. The van der Waals surface area contributed by atoms with Gasteiger partial charge in [0.05, 0.1) is 23.3 Å². The molecular weight excluding hydrogens is 290 g/mol. The number of ether oxygens (including phenoxy) is 1. The highest BCUT2D eigenvalue weighted by atomic mass is 16.5. The molecule has 2 fully saturated rings. The third-order valence-corrected chi connectivity index (χ3v) is 4.58. The molecule has 1 aromatic carbocycles. The van der Waals surface area contributed by atoms with Crippen molar-refractivity contribution in [2.75, 3.05) is 39.3 Å². The molecule has 0 radical (unpaired) electrons. The standard InChI is InChI=1S/C18H23N3O2/c19-12-15-6-1-2-7-17(15)18(22)21-10-5-11-23-16(14-21)13-20-8-3-4-9-20/h1-2,6-7,16H,3-5,8-11,13-14H2/t16-/m1/s1. The smallest absolute Gasteiger partial charge is 0.255 e. The van der Waals surface area contributed by atoms with Crippen molar-refractivity contribution in [2.45, 2.75) is 25.4 Å². The van der Waals surface area contributed by atoms with Crippen LogP contribution in [0.2, 0.25) is 0 Å². The number of rotatable bonds is 3. The number of carbonyl (C=O) groups is 1. The predicted octanol–water partition coefficient (Wildman–Crippen LogP) is 1.89. The summed E-state index contributed by atoms with van der Waals surface area (Å²) in [6, 6.07) is 9.15. The molecule has 0 saturated carbocycles. The van der Waals surface area contributed by atoms with Gasteiger partial charge >= 0.3 is 0 Å². The maximum absolute atomic E-state index is 12.8. The Morgan fingerprint density at radius 1 is 1.22 bits per heavy atom. The first kappa shape index (κ1) is 16.0. The van der Waals surface area contributed by atoms with Crippen molar-refractivity contribution >= 4 is 5.91 Å². The van der Waals surface area contributed by atoms with Crippen molar-refractivity contribution in [2.24, 2.45) is 0 Å². The molecule has 5 heteroatoms. The summed E-state index contributed by atoms with van der Waals surface area (Å²) in [5.74, 6) is -0.0564. The van der Waals surface area contributed by atoms with E-state index >= 15 is 0 Å². The lowest BCUT2D eigenvalue weighted by molar-refractivity contribution is 0.0297. The minimum Gasteiger partial charge on any atom is -0.375 e. The molecule has 2 saturated heterocycles. The Kier molecular flexibility index (Phi) is 5.27. The van der Waals surface area contributed by atoms with Crippen molar-refractivity contribution in [3.63, 3.8) is 0 Å². The van der Waals surface area contributed by atoms with Gasteiger partial charge in [-0.25, -0.2) is 0 Å². The Hall–Kier alpha value is -1.90. The van der Waals surface area contributed by atoms with Gasteiger partial charge in [0, 0.05) is 26.2 Å². The zero-order valence-electron chi connectivity index (χ0n) is 13.4. The molecule has 5 nitrogen and oxygen atoms in total. The molecule has 23 heavy (non-hydrogen) atoms. The lowest BCUT2D eigenvalue weighted by atomic mass is 10.1. The summed E-state index contributed by atoms with van der Waals surface area (Å²) in [5.41, 5.74) is 0.940. The molecule has 122 valence electrons. The van der Waals surface area contributed by atoms with Gasteiger partial charge in [-0.05, 0) is 44.5 Å². The Bertz CT molecular complexity index is 590. The first-order valence-corrected chi connectivity index (χ1v) is 8.40. The summed E-state index contributed by atoms with van der Waals surface area (Å²) in [7, 11) is 0. The van der Waals surface area contributed by atoms with E-state index in [4.69, 9.17) is 4.74 Å². The molecule has 0 bridgehead atoms. The summed E-state index contributed by atoms with van der Waals surface area (Å²) in [6.45, 7) is 5.15. The monoisotopic (exact) mass is 313 g/mol. The van der Waals surface area contributed by atoms with Crippen LogP contribution in [0.4, 0.5) is 0 Å². The van der Waals surface area contributed by atoms with Gasteiger partial charge in [-0.3, -0.25) is 4.79 Å². The van der Waals surface area contributed by atoms with E-state index in [9.17, 15) is 10.1 Å². The lowest BCUT2D eigenvalue weighted by Crippen LogP contribution is -2.42. The molecule has 2 heterocycles. The fourth-order valence-corrected chi connectivity index (χ4v) is 3.38. The normalized spacial score (nSPS) is 22.6. The molecule has 3 rings (SSSR count). The second-order valence-electron chi connectivity index (χ2n) is 6.26. The van der Waals surface area contributed by atoms with Crippen LogP contribution < -0.4 is 0 Å². The van der Waals surface area contributed by atoms with Gasteiger partial charge in [0.1, 0.15) is 0 Å². The Labute approximate surface area is 137 Å². The average molecular weight is 313 g/mol. The highest BCUT2D eigenvalue weighted by molar-refractivity contribution is 5.96. The van der Waals surface area contributed by atoms with Gasteiger partial charge in [-0.15, -0.1) is 0 Å². The minimum atomic E-state index is -0.0564. The van der Waals surface area contributed by atoms with Crippen molar-refractivity contribution in [1.29, 1.82) is 5.26 Å². The van der Waals surface area contributed by atoms with Gasteiger partial charge in [-0.1, -0.05) is 12.1 Å². The molecule has 0 unspecified atom stereocenters. The third-order valence-electron chi connectivity index (χ3n) is 4.58. The molecule has 0 spiro atoms. The molecule has 1 aromatic rings. The summed E-state index contributed by atoms with van der Waals surface area (Å²) < 4.78 is 5.94. The second-order valence-corrected chi connectivity index (χ2v) is 6.26. The quantitative estimate of drug-likeness (QED) is 0.855. The van der Waals surface area contributed by atoms with Crippen LogP contribution in [0.3, 0.4) is 0 Å². The van der Waals surface area contributed by atoms with Gasteiger partial charge in [0.15, 0.2) is 0 Å². The van der Waals surface area contributed by atoms with Crippen LogP contribution in [0.1, 0.15) is 35.2 Å². The number of benzene rings is 1. The largest absolute Gasteiger partial charge is 0.375 e. The zero-order valence-corrected chi connectivity index (χ0v) is 13.4. The van der Waals surface area contributed by atoms with Crippen LogP contribution in [0.5, 0.6) is 0 Å². The molecule has 1 atom stereocenters. The lowest BCUT2D eigenvalue weighted by Gasteiger charge is -2.27. The van der Waals surface area contributed by atoms with Crippen LogP contribution in [-0.4, -0.2) is 61.1 Å². The van der Waals surface area contributed by atoms with Crippen molar-refractivity contribution in [3.8, 4) is 6.07 Å². The summed E-state index contributed by atoms with van der Waals surface area (Å²) in [4.78, 5) is 17.1. The topological polar surface area (TPSA) is 56.6 Å². The number of nitriles is 1. The first-order chi connectivity index (χ1) is 11.3. The fraction of sp³-hybridized carbons (Fsp3) is 0.556.